The van der Waals surface area contributed by atoms with Crippen LogP contribution in [0, 0.1) is 0 Å². The second-order valence-electron chi connectivity index (χ2n) is 6.35. The van der Waals surface area contributed by atoms with E-state index >= 15 is 0 Å². The average Bonchev–Trinajstić information content (AvgIpc) is 3.43. The van der Waals surface area contributed by atoms with Crippen LogP contribution in [0.25, 0.3) is 10.6 Å². The molecule has 10 heteroatoms. The second kappa shape index (κ2) is 7.67. The largest absolute Gasteiger partial charge is 0.321 e. The lowest BCUT2D eigenvalue weighted by Crippen LogP contribution is -2.28. The molecule has 2 aromatic heterocycles. The summed E-state index contributed by atoms with van der Waals surface area (Å²) in [6, 6.07) is 9.92. The summed E-state index contributed by atoms with van der Waals surface area (Å²) in [6.07, 6.45) is 1.66. The lowest BCUT2D eigenvalue weighted by molar-refractivity contribution is 0.102. The van der Waals surface area contributed by atoms with Crippen LogP contribution in [-0.4, -0.2) is 41.9 Å². The van der Waals surface area contributed by atoms with Crippen LogP contribution in [0.1, 0.15) is 23.3 Å². The molecule has 2 N–H and O–H groups in total. The molecule has 0 bridgehead atoms. The van der Waals surface area contributed by atoms with Gasteiger partial charge in [0, 0.05) is 18.8 Å². The number of thiophene rings is 1. The van der Waals surface area contributed by atoms with Crippen molar-refractivity contribution in [3.8, 4) is 10.6 Å². The highest BCUT2D eigenvalue weighted by Crippen LogP contribution is 2.30. The Morgan fingerprint density at radius 1 is 1.21 bits per heavy atom. The zero-order valence-corrected chi connectivity index (χ0v) is 17.1. The number of aromatic nitrogens is 2. The lowest BCUT2D eigenvalue weighted by atomic mass is 10.3. The van der Waals surface area contributed by atoms with E-state index in [9.17, 15) is 13.2 Å². The number of carbonyl (C=O) groups excluding carboxylic acids is 1. The van der Waals surface area contributed by atoms with E-state index in [4.69, 9.17) is 11.6 Å². The van der Waals surface area contributed by atoms with E-state index in [1.54, 1.807) is 12.1 Å². The summed E-state index contributed by atoms with van der Waals surface area (Å²) in [7, 11) is -3.69. The van der Waals surface area contributed by atoms with E-state index < -0.39 is 15.9 Å². The number of anilines is 1. The molecule has 1 saturated heterocycles. The molecule has 1 amide bonds. The maximum atomic E-state index is 12.8. The molecule has 4 rings (SSSR count). The summed E-state index contributed by atoms with van der Waals surface area (Å²) in [6.45, 7) is 0.960. The summed E-state index contributed by atoms with van der Waals surface area (Å²) < 4.78 is 27.0. The van der Waals surface area contributed by atoms with E-state index in [0.717, 1.165) is 23.4 Å². The fraction of sp³-hybridized carbons (Fsp3) is 0.222. The van der Waals surface area contributed by atoms with Gasteiger partial charge >= 0.3 is 0 Å². The minimum Gasteiger partial charge on any atom is -0.321 e. The molecule has 0 aliphatic carbocycles. The zero-order valence-electron chi connectivity index (χ0n) is 14.7. The molecule has 7 nitrogen and oxygen atoms in total. The number of hydrogen-bond donors (Lipinski definition) is 2. The van der Waals surface area contributed by atoms with Crippen molar-refractivity contribution in [1.82, 2.24) is 14.5 Å². The van der Waals surface area contributed by atoms with Gasteiger partial charge in [-0.1, -0.05) is 17.7 Å². The molecule has 1 aliphatic heterocycles. The Morgan fingerprint density at radius 3 is 2.71 bits per heavy atom. The van der Waals surface area contributed by atoms with Crippen molar-refractivity contribution in [2.24, 2.45) is 0 Å². The maximum Gasteiger partial charge on any atom is 0.276 e. The predicted molar refractivity (Wildman–Crippen MR) is 109 cm³/mol. The van der Waals surface area contributed by atoms with Crippen molar-refractivity contribution in [3.05, 3.63) is 52.5 Å². The second-order valence-corrected chi connectivity index (χ2v) is 9.62. The molecular formula is C18H17ClN4O3S2. The van der Waals surface area contributed by atoms with Crippen LogP contribution in [0.4, 0.5) is 5.69 Å². The van der Waals surface area contributed by atoms with Gasteiger partial charge in [-0.15, -0.1) is 11.3 Å². The first-order valence-corrected chi connectivity index (χ1v) is 11.4. The molecule has 28 heavy (non-hydrogen) atoms. The fourth-order valence-corrected chi connectivity index (χ4v) is 5.75. The van der Waals surface area contributed by atoms with Crippen molar-refractivity contribution in [2.45, 2.75) is 17.7 Å². The van der Waals surface area contributed by atoms with Gasteiger partial charge in [-0.25, -0.2) is 8.42 Å². The fourth-order valence-electron chi connectivity index (χ4n) is 3.04. The summed E-state index contributed by atoms with van der Waals surface area (Å²) >= 11 is 7.67. The number of nitrogens with zero attached hydrogens (tertiary/aromatic N) is 2. The van der Waals surface area contributed by atoms with Crippen molar-refractivity contribution in [1.29, 1.82) is 0 Å². The molecule has 0 spiro atoms. The van der Waals surface area contributed by atoms with Gasteiger partial charge in [0.25, 0.3) is 5.91 Å². The van der Waals surface area contributed by atoms with Crippen LogP contribution in [0.2, 0.25) is 5.02 Å². The minimum absolute atomic E-state index is 0.00447. The number of benzene rings is 1. The first-order valence-electron chi connectivity index (χ1n) is 8.65. The maximum absolute atomic E-state index is 12.8. The molecule has 1 aromatic carbocycles. The molecule has 146 valence electrons. The van der Waals surface area contributed by atoms with Crippen molar-refractivity contribution >= 4 is 44.6 Å². The van der Waals surface area contributed by atoms with E-state index in [0.29, 0.717) is 18.8 Å². The van der Waals surface area contributed by atoms with E-state index in [1.807, 2.05) is 17.5 Å². The van der Waals surface area contributed by atoms with E-state index in [-0.39, 0.29) is 15.6 Å². The van der Waals surface area contributed by atoms with E-state index in [1.165, 1.54) is 27.8 Å². The molecule has 0 saturated carbocycles. The quantitative estimate of drug-likeness (QED) is 0.635. The highest BCUT2D eigenvalue weighted by Gasteiger charge is 2.29. The highest BCUT2D eigenvalue weighted by molar-refractivity contribution is 7.89. The van der Waals surface area contributed by atoms with Crippen LogP contribution in [0.5, 0.6) is 0 Å². The number of halogens is 1. The summed E-state index contributed by atoms with van der Waals surface area (Å²) in [5.74, 6) is -0.439. The van der Waals surface area contributed by atoms with Crippen LogP contribution < -0.4 is 5.32 Å². The van der Waals surface area contributed by atoms with Crippen molar-refractivity contribution < 1.29 is 13.2 Å². The van der Waals surface area contributed by atoms with Crippen LogP contribution in [0.15, 0.2) is 46.7 Å². The number of hydrogen-bond acceptors (Lipinski definition) is 5. The van der Waals surface area contributed by atoms with Gasteiger partial charge in [0.05, 0.1) is 15.6 Å². The summed E-state index contributed by atoms with van der Waals surface area (Å²) in [5.41, 5.74) is 1.30. The molecule has 0 radical (unpaired) electrons. The van der Waals surface area contributed by atoms with Gasteiger partial charge in [0.1, 0.15) is 4.90 Å². The number of nitrogens with one attached hydrogen (secondary N) is 2. The third kappa shape index (κ3) is 3.70. The smallest absolute Gasteiger partial charge is 0.276 e. The minimum atomic E-state index is -3.69. The van der Waals surface area contributed by atoms with Gasteiger partial charge < -0.3 is 5.32 Å². The molecule has 0 unspecified atom stereocenters. The number of sulfonamides is 1. The third-order valence-corrected chi connectivity index (χ3v) is 7.75. The predicted octanol–water partition coefficient (Wildman–Crippen LogP) is 3.83. The monoisotopic (exact) mass is 436 g/mol. The lowest BCUT2D eigenvalue weighted by Gasteiger charge is -2.17. The van der Waals surface area contributed by atoms with Crippen molar-refractivity contribution in [2.75, 3.05) is 18.4 Å². The van der Waals surface area contributed by atoms with Gasteiger partial charge in [0.15, 0.2) is 5.69 Å². The summed E-state index contributed by atoms with van der Waals surface area (Å²) in [5, 5.41) is 11.6. The van der Waals surface area contributed by atoms with Crippen LogP contribution >= 0.6 is 22.9 Å². The third-order valence-electron chi connectivity index (χ3n) is 4.47. The Kier molecular flexibility index (Phi) is 5.24. The molecule has 0 atom stereocenters. The summed E-state index contributed by atoms with van der Waals surface area (Å²) in [4.78, 5) is 13.5. The standard InChI is InChI=1S/C18H17ClN4O3S2/c19-13-6-5-12(10-17(13)28(25,26)23-7-1-2-8-23)20-18(24)15-11-14(21-22-15)16-4-3-9-27-16/h3-6,9-11H,1-2,7-8H2,(H,20,24)(H,21,22). The Hall–Kier alpha value is -2.20. The highest BCUT2D eigenvalue weighted by atomic mass is 35.5. The number of aromatic amines is 1. The normalized spacial score (nSPS) is 15.0. The van der Waals surface area contributed by atoms with Crippen LogP contribution in [0.3, 0.4) is 0 Å². The average molecular weight is 437 g/mol. The van der Waals surface area contributed by atoms with Crippen LogP contribution in [-0.2, 0) is 10.0 Å². The van der Waals surface area contributed by atoms with Gasteiger partial charge in [-0.05, 0) is 48.6 Å². The molecule has 1 fully saturated rings. The first-order chi connectivity index (χ1) is 13.4. The first kappa shape index (κ1) is 19.1. The number of carbonyl (C=O) groups is 1. The Labute approximate surface area is 171 Å². The molecular weight excluding hydrogens is 420 g/mol. The van der Waals surface area contributed by atoms with Gasteiger partial charge in [0.2, 0.25) is 10.0 Å². The number of amides is 1. The Balaban J connectivity index is 1.56. The number of rotatable bonds is 5. The van der Waals surface area contributed by atoms with Crippen molar-refractivity contribution in [3.63, 3.8) is 0 Å². The number of H-pyrrole nitrogens is 1. The Bertz CT molecular complexity index is 1100. The zero-order chi connectivity index (χ0) is 19.7. The molecule has 3 aromatic rings. The van der Waals surface area contributed by atoms with Gasteiger partial charge in [-0.2, -0.15) is 9.40 Å². The Morgan fingerprint density at radius 2 is 2.00 bits per heavy atom. The SMILES string of the molecule is O=C(Nc1ccc(Cl)c(S(=O)(=O)N2CCCC2)c1)c1cc(-c2cccs2)[nH]n1. The molecule has 1 aliphatic rings. The molecule has 3 heterocycles. The topological polar surface area (TPSA) is 95.2 Å². The van der Waals surface area contributed by atoms with Gasteiger partial charge in [-0.3, -0.25) is 9.89 Å². The van der Waals surface area contributed by atoms with E-state index in [2.05, 4.69) is 15.5 Å².